The molecule has 5 atom stereocenters. The van der Waals surface area contributed by atoms with E-state index in [9.17, 15) is 13.7 Å². The molecule has 0 heterocycles. The quantitative estimate of drug-likeness (QED) is 0.0646. The molecule has 0 aromatic rings. The summed E-state index contributed by atoms with van der Waals surface area (Å²) >= 11 is 0. The van der Waals surface area contributed by atoms with E-state index in [4.69, 9.17) is 13.8 Å². The number of likely N-dealkylation sites (N-methyl/N-ethyl adjacent to an activating group) is 1. The third-order valence-corrected chi connectivity index (χ3v) is 10.2. The van der Waals surface area contributed by atoms with Crippen LogP contribution in [0.1, 0.15) is 117 Å². The van der Waals surface area contributed by atoms with Gasteiger partial charge in [0.25, 0.3) is 7.82 Å². The van der Waals surface area contributed by atoms with Crippen LogP contribution in [0, 0.1) is 5.92 Å². The highest BCUT2D eigenvalue weighted by molar-refractivity contribution is 7.86. The van der Waals surface area contributed by atoms with Crippen LogP contribution in [0.4, 0.5) is 0 Å². The number of hydrogen-bond donors (Lipinski definition) is 0. The van der Waals surface area contributed by atoms with Crippen molar-refractivity contribution in [1.82, 2.24) is 0 Å². The van der Waals surface area contributed by atoms with Gasteiger partial charge in [-0.25, -0.2) is 0 Å². The molecule has 0 rings (SSSR count). The molecule has 9 heteroatoms. The molecule has 0 aliphatic rings. The molecule has 0 saturated heterocycles. The van der Waals surface area contributed by atoms with Gasteiger partial charge in [0.15, 0.2) is 0 Å². The Kier molecular flexibility index (Phi) is 22.0. The molecule has 224 valence electrons. The first-order valence-electron chi connectivity index (χ1n) is 14.8. The predicted molar refractivity (Wildman–Crippen MR) is 155 cm³/mol. The summed E-state index contributed by atoms with van der Waals surface area (Å²) in [5.74, 6) is -0.337. The Morgan fingerprint density at radius 1 is 0.865 bits per heavy atom. The maximum absolute atomic E-state index is 13.5. The van der Waals surface area contributed by atoms with Crippen LogP contribution in [0.25, 0.3) is 0 Å². The van der Waals surface area contributed by atoms with Crippen LogP contribution in [-0.2, 0) is 29.1 Å². The molecule has 0 radical (unpaired) electrons. The molecule has 37 heavy (non-hydrogen) atoms. The Balaban J connectivity index is 4.49. The standard InChI is InChI=1S/C28H60NO6PS/c1-8-10-11-12-13-14-15-16-17-18-19-20-21-22-27(9-2)37(32)28(26(3)25-33-7)35-36(30,31)34-24-23-29(4,5)6/h26-28H,8-25H2,1-7H3. The monoisotopic (exact) mass is 569 g/mol. The highest BCUT2D eigenvalue weighted by atomic mass is 32.2. The van der Waals surface area contributed by atoms with E-state index < -0.39 is 24.1 Å². The number of quaternary nitrogens is 1. The lowest BCUT2D eigenvalue weighted by atomic mass is 10.0. The lowest BCUT2D eigenvalue weighted by Gasteiger charge is -2.33. The summed E-state index contributed by atoms with van der Waals surface area (Å²) in [6.45, 7) is 6.90. The van der Waals surface area contributed by atoms with Crippen molar-refractivity contribution in [2.24, 2.45) is 5.92 Å². The molecule has 0 saturated carbocycles. The Labute approximate surface area is 232 Å². The normalized spacial score (nSPS) is 17.3. The molecule has 0 bridgehead atoms. The molecule has 0 aliphatic carbocycles. The van der Waals surface area contributed by atoms with Crippen LogP contribution in [0.5, 0.6) is 0 Å². The average Bonchev–Trinajstić information content (AvgIpc) is 2.81. The number of ether oxygens (including phenoxy) is 1. The Bertz CT molecular complexity index is 616. The zero-order valence-corrected chi connectivity index (χ0v) is 26.9. The van der Waals surface area contributed by atoms with Crippen LogP contribution < -0.4 is 4.89 Å². The van der Waals surface area contributed by atoms with Gasteiger partial charge in [-0.05, 0) is 12.8 Å². The molecule has 0 fully saturated rings. The number of phosphoric ester groups is 1. The second-order valence-electron chi connectivity index (χ2n) is 11.6. The van der Waals surface area contributed by atoms with Gasteiger partial charge in [0.1, 0.15) is 18.6 Å². The van der Waals surface area contributed by atoms with Gasteiger partial charge in [0.05, 0.1) is 38.5 Å². The Morgan fingerprint density at radius 3 is 1.78 bits per heavy atom. The first-order chi connectivity index (χ1) is 17.5. The van der Waals surface area contributed by atoms with Crippen LogP contribution in [0.15, 0.2) is 0 Å². The third-order valence-electron chi connectivity index (χ3n) is 6.78. The van der Waals surface area contributed by atoms with Crippen molar-refractivity contribution in [3.8, 4) is 0 Å². The fraction of sp³-hybridized carbons (Fsp3) is 1.00. The van der Waals surface area contributed by atoms with E-state index in [2.05, 4.69) is 6.92 Å². The second-order valence-corrected chi connectivity index (χ2v) is 14.7. The van der Waals surface area contributed by atoms with Gasteiger partial charge in [0, 0.05) is 18.3 Å². The molecule has 0 aromatic carbocycles. The topological polar surface area (TPSA) is 84.9 Å². The highest BCUT2D eigenvalue weighted by Crippen LogP contribution is 2.42. The fourth-order valence-electron chi connectivity index (χ4n) is 4.36. The molecule has 0 aliphatic heterocycles. The van der Waals surface area contributed by atoms with Gasteiger partial charge in [-0.15, -0.1) is 0 Å². The van der Waals surface area contributed by atoms with E-state index in [1.54, 1.807) is 7.11 Å². The van der Waals surface area contributed by atoms with Crippen molar-refractivity contribution >= 4 is 18.6 Å². The van der Waals surface area contributed by atoms with Crippen molar-refractivity contribution in [2.45, 2.75) is 128 Å². The van der Waals surface area contributed by atoms with Crippen molar-refractivity contribution in [2.75, 3.05) is 48.0 Å². The van der Waals surface area contributed by atoms with Crippen LogP contribution in [-0.4, -0.2) is 67.4 Å². The molecule has 0 spiro atoms. The lowest BCUT2D eigenvalue weighted by molar-refractivity contribution is -0.870. The number of unbranched alkanes of at least 4 members (excludes halogenated alkanes) is 12. The fourth-order valence-corrected chi connectivity index (χ4v) is 7.49. The van der Waals surface area contributed by atoms with Crippen LogP contribution >= 0.6 is 7.82 Å². The third kappa shape index (κ3) is 20.7. The molecule has 5 unspecified atom stereocenters. The molecule has 0 aromatic heterocycles. The SMILES string of the molecule is CCCCCCCCCCCCCCCC(CC)S(=O)C(OP(=O)([O-])OCC[N+](C)(C)C)C(C)COC. The smallest absolute Gasteiger partial charge is 0.269 e. The van der Waals surface area contributed by atoms with Crippen molar-refractivity contribution in [3.05, 3.63) is 0 Å². The molecule has 0 amide bonds. The maximum atomic E-state index is 13.5. The summed E-state index contributed by atoms with van der Waals surface area (Å²) in [6.07, 6.45) is 18.3. The highest BCUT2D eigenvalue weighted by Gasteiger charge is 2.33. The minimum atomic E-state index is -4.59. The first-order valence-corrected chi connectivity index (χ1v) is 17.5. The van der Waals surface area contributed by atoms with Gasteiger partial charge < -0.3 is 23.2 Å². The van der Waals surface area contributed by atoms with E-state index >= 15 is 0 Å². The summed E-state index contributed by atoms with van der Waals surface area (Å²) in [4.78, 5) is 12.5. The summed E-state index contributed by atoms with van der Waals surface area (Å²) in [6, 6.07) is 0. The molecule has 7 nitrogen and oxygen atoms in total. The number of methoxy groups -OCH3 is 1. The Morgan fingerprint density at radius 2 is 1.35 bits per heavy atom. The summed E-state index contributed by atoms with van der Waals surface area (Å²) < 4.78 is 42.3. The summed E-state index contributed by atoms with van der Waals surface area (Å²) in [5, 5.41) is -0.108. The number of rotatable bonds is 26. The molecular formula is C28H60NO6PS. The van der Waals surface area contributed by atoms with E-state index in [0.717, 1.165) is 25.7 Å². The van der Waals surface area contributed by atoms with Crippen LogP contribution in [0.2, 0.25) is 0 Å². The van der Waals surface area contributed by atoms with Gasteiger partial charge in [-0.3, -0.25) is 8.77 Å². The van der Waals surface area contributed by atoms with Gasteiger partial charge >= 0.3 is 0 Å². The van der Waals surface area contributed by atoms with E-state index in [1.165, 1.54) is 70.6 Å². The number of nitrogens with zero attached hydrogens (tertiary/aromatic N) is 1. The number of hydrogen-bond acceptors (Lipinski definition) is 6. The zero-order valence-electron chi connectivity index (χ0n) is 25.2. The van der Waals surface area contributed by atoms with Gasteiger partial charge in [-0.1, -0.05) is 104 Å². The Hall–Kier alpha value is 0.180. The number of phosphoric acid groups is 1. The van der Waals surface area contributed by atoms with Gasteiger partial charge in [-0.2, -0.15) is 0 Å². The average molecular weight is 570 g/mol. The summed E-state index contributed by atoms with van der Waals surface area (Å²) in [5.41, 5.74) is -0.973. The van der Waals surface area contributed by atoms with Gasteiger partial charge in [0.2, 0.25) is 0 Å². The van der Waals surface area contributed by atoms with E-state index in [0.29, 0.717) is 11.0 Å². The molecule has 0 N–H and O–H groups in total. The van der Waals surface area contributed by atoms with Crippen molar-refractivity contribution in [3.63, 3.8) is 0 Å². The first kappa shape index (κ1) is 37.2. The van der Waals surface area contributed by atoms with Crippen LogP contribution in [0.3, 0.4) is 0 Å². The summed E-state index contributed by atoms with van der Waals surface area (Å²) in [7, 11) is 1.37. The van der Waals surface area contributed by atoms with E-state index in [1.807, 2.05) is 35.0 Å². The lowest BCUT2D eigenvalue weighted by Crippen LogP contribution is -2.38. The minimum Gasteiger partial charge on any atom is -0.756 e. The maximum Gasteiger partial charge on any atom is 0.269 e. The van der Waals surface area contributed by atoms with E-state index in [-0.39, 0.29) is 24.4 Å². The molecular weight excluding hydrogens is 509 g/mol. The largest absolute Gasteiger partial charge is 0.756 e. The van der Waals surface area contributed by atoms with Crippen molar-refractivity contribution in [1.29, 1.82) is 0 Å². The van der Waals surface area contributed by atoms with Crippen molar-refractivity contribution < 1.29 is 31.9 Å². The second kappa shape index (κ2) is 21.9. The predicted octanol–water partition coefficient (Wildman–Crippen LogP) is 6.81. The minimum absolute atomic E-state index is 0.0262. The zero-order chi connectivity index (χ0) is 28.2.